The topological polar surface area (TPSA) is 115 Å². The molecule has 44 heavy (non-hydrogen) atoms. The van der Waals surface area contributed by atoms with Crippen LogP contribution in [0, 0.1) is 6.92 Å². The number of hydrogen-bond acceptors (Lipinski definition) is 8. The van der Waals surface area contributed by atoms with Crippen molar-refractivity contribution < 1.29 is 9.59 Å². The first-order valence-corrected chi connectivity index (χ1v) is 14.7. The number of halogens is 2. The number of benzene rings is 3. The second-order valence-corrected chi connectivity index (χ2v) is 11.2. The number of anilines is 7. The predicted octanol–water partition coefficient (Wildman–Crippen LogP) is 6.71. The number of hydrogen-bond donors (Lipinski definition) is 4. The molecular weight excluding hydrogens is 599 g/mol. The van der Waals surface area contributed by atoms with Gasteiger partial charge in [0.15, 0.2) is 0 Å². The van der Waals surface area contributed by atoms with Gasteiger partial charge in [-0.15, -0.1) is 0 Å². The number of aryl methyl sites for hydroxylation is 1. The summed E-state index contributed by atoms with van der Waals surface area (Å²) in [5.41, 5.74) is 4.19. The van der Waals surface area contributed by atoms with Crippen LogP contribution in [0.1, 0.15) is 15.9 Å². The highest BCUT2D eigenvalue weighted by Gasteiger charge is 2.20. The number of likely N-dealkylation sites (N-methyl/N-ethyl adjacent to an activating group) is 1. The molecule has 1 aromatic heterocycles. The largest absolute Gasteiger partial charge is 0.369 e. The zero-order valence-corrected chi connectivity index (χ0v) is 25.8. The van der Waals surface area contributed by atoms with Gasteiger partial charge in [-0.05, 0) is 74.1 Å². The molecular formula is C32H32Cl2N8O2. The molecule has 5 rings (SSSR count). The van der Waals surface area contributed by atoms with E-state index in [-0.39, 0.29) is 23.2 Å². The van der Waals surface area contributed by atoms with E-state index in [1.165, 1.54) is 12.3 Å². The van der Waals surface area contributed by atoms with Gasteiger partial charge in [0.05, 0.1) is 22.1 Å². The van der Waals surface area contributed by atoms with Crippen molar-refractivity contribution in [2.45, 2.75) is 6.92 Å². The molecule has 0 saturated carbocycles. The van der Waals surface area contributed by atoms with Crippen LogP contribution in [0.25, 0.3) is 0 Å². The number of aromatic nitrogens is 2. The van der Waals surface area contributed by atoms with Crippen molar-refractivity contribution in [3.05, 3.63) is 101 Å². The number of carbonyl (C=O) groups excluding carboxylic acids is 2. The Labute approximate surface area is 266 Å². The SMILES string of the molecule is C=CC(=O)Nc1ccccc1Nc1nc(Nc2ccc(N3CCN(C)CC3)cc2)ncc1C(=O)Nc1c(C)cc(Cl)cc1Cl. The van der Waals surface area contributed by atoms with Crippen molar-refractivity contribution in [2.24, 2.45) is 0 Å². The third-order valence-corrected chi connectivity index (χ3v) is 7.66. The molecule has 226 valence electrons. The third kappa shape index (κ3) is 7.46. The molecule has 0 aliphatic carbocycles. The molecule has 0 unspecified atom stereocenters. The van der Waals surface area contributed by atoms with Gasteiger partial charge in [0.25, 0.3) is 5.91 Å². The Morgan fingerprint density at radius 3 is 2.32 bits per heavy atom. The summed E-state index contributed by atoms with van der Waals surface area (Å²) in [5.74, 6) is -0.396. The maximum atomic E-state index is 13.6. The molecule has 10 nitrogen and oxygen atoms in total. The summed E-state index contributed by atoms with van der Waals surface area (Å²) in [6.07, 6.45) is 2.60. The highest BCUT2D eigenvalue weighted by Crippen LogP contribution is 2.32. The second kappa shape index (κ2) is 13.8. The predicted molar refractivity (Wildman–Crippen MR) is 179 cm³/mol. The molecule has 12 heteroatoms. The van der Waals surface area contributed by atoms with E-state index in [9.17, 15) is 9.59 Å². The van der Waals surface area contributed by atoms with Crippen molar-refractivity contribution in [1.29, 1.82) is 0 Å². The van der Waals surface area contributed by atoms with Crippen molar-refractivity contribution >= 4 is 75.2 Å². The van der Waals surface area contributed by atoms with Crippen LogP contribution in [0.4, 0.5) is 40.2 Å². The number of nitrogens with zero attached hydrogens (tertiary/aromatic N) is 4. The lowest BCUT2D eigenvalue weighted by molar-refractivity contribution is -0.111. The molecule has 2 heterocycles. The maximum Gasteiger partial charge on any atom is 0.261 e. The van der Waals surface area contributed by atoms with E-state index in [2.05, 4.69) is 66.8 Å². The fourth-order valence-electron chi connectivity index (χ4n) is 4.71. The van der Waals surface area contributed by atoms with Crippen LogP contribution >= 0.6 is 23.2 Å². The molecule has 2 amide bonds. The zero-order chi connectivity index (χ0) is 31.2. The molecule has 0 spiro atoms. The Morgan fingerprint density at radius 1 is 0.932 bits per heavy atom. The first-order valence-electron chi connectivity index (χ1n) is 13.9. The summed E-state index contributed by atoms with van der Waals surface area (Å²) < 4.78 is 0. The molecule has 1 fully saturated rings. The van der Waals surface area contributed by atoms with Gasteiger partial charge in [-0.25, -0.2) is 4.98 Å². The molecule has 0 atom stereocenters. The monoisotopic (exact) mass is 630 g/mol. The van der Waals surface area contributed by atoms with Gasteiger partial charge >= 0.3 is 0 Å². The lowest BCUT2D eigenvalue weighted by atomic mass is 10.2. The lowest BCUT2D eigenvalue weighted by Crippen LogP contribution is -2.44. The van der Waals surface area contributed by atoms with Crippen LogP contribution in [-0.2, 0) is 4.79 Å². The summed E-state index contributed by atoms with van der Waals surface area (Å²) >= 11 is 12.5. The summed E-state index contributed by atoms with van der Waals surface area (Å²) in [7, 11) is 2.13. The molecule has 1 aliphatic rings. The van der Waals surface area contributed by atoms with Crippen LogP contribution in [0.15, 0.2) is 79.5 Å². The maximum absolute atomic E-state index is 13.6. The number of piperazine rings is 1. The smallest absolute Gasteiger partial charge is 0.261 e. The zero-order valence-electron chi connectivity index (χ0n) is 24.3. The normalized spacial score (nSPS) is 13.2. The van der Waals surface area contributed by atoms with Gasteiger partial charge in [-0.2, -0.15) is 4.98 Å². The van der Waals surface area contributed by atoms with Gasteiger partial charge in [-0.1, -0.05) is 41.9 Å². The van der Waals surface area contributed by atoms with Gasteiger partial charge in [0.2, 0.25) is 11.9 Å². The Kier molecular flexibility index (Phi) is 9.64. The average molecular weight is 632 g/mol. The van der Waals surface area contributed by atoms with Crippen LogP contribution in [0.2, 0.25) is 10.0 Å². The van der Waals surface area contributed by atoms with E-state index < -0.39 is 5.91 Å². The third-order valence-electron chi connectivity index (χ3n) is 7.14. The summed E-state index contributed by atoms with van der Waals surface area (Å²) in [6, 6.07) is 18.4. The minimum Gasteiger partial charge on any atom is -0.369 e. The molecule has 1 saturated heterocycles. The van der Waals surface area contributed by atoms with Gasteiger partial charge in [0.1, 0.15) is 11.4 Å². The second-order valence-electron chi connectivity index (χ2n) is 10.3. The molecule has 4 N–H and O–H groups in total. The Balaban J connectivity index is 1.44. The van der Waals surface area contributed by atoms with Gasteiger partial charge < -0.3 is 31.1 Å². The van der Waals surface area contributed by atoms with E-state index >= 15 is 0 Å². The molecule has 0 radical (unpaired) electrons. The number of amides is 2. The van der Waals surface area contributed by atoms with Crippen LogP contribution in [-0.4, -0.2) is 59.9 Å². The van der Waals surface area contributed by atoms with E-state index in [0.29, 0.717) is 32.7 Å². The Bertz CT molecular complexity index is 1670. The number of carbonyl (C=O) groups is 2. The highest BCUT2D eigenvalue weighted by molar-refractivity contribution is 6.37. The summed E-state index contributed by atoms with van der Waals surface area (Å²) in [4.78, 5) is 39.4. The fraction of sp³-hybridized carbons (Fsp3) is 0.188. The van der Waals surface area contributed by atoms with E-state index in [1.807, 2.05) is 12.1 Å². The standard InChI is InChI=1S/C32H32Cl2N8O2/c1-4-28(43)37-26-7-5-6-8-27(26)38-30-24(31(44)39-29-20(2)17-21(33)18-25(29)34)19-35-32(40-30)36-22-9-11-23(12-10-22)42-15-13-41(3)14-16-42/h4-12,17-19H,1,13-16H2,2-3H3,(H,37,43)(H,39,44)(H2,35,36,38,40). The summed E-state index contributed by atoms with van der Waals surface area (Å²) in [5, 5.41) is 12.8. The van der Waals surface area contributed by atoms with Crippen LogP contribution < -0.4 is 26.2 Å². The number of nitrogens with one attached hydrogen (secondary N) is 4. The molecule has 1 aliphatic heterocycles. The minimum absolute atomic E-state index is 0.149. The van der Waals surface area contributed by atoms with E-state index in [4.69, 9.17) is 23.2 Å². The molecule has 0 bridgehead atoms. The van der Waals surface area contributed by atoms with Crippen LogP contribution in [0.5, 0.6) is 0 Å². The van der Waals surface area contributed by atoms with E-state index in [1.54, 1.807) is 43.3 Å². The highest BCUT2D eigenvalue weighted by atomic mass is 35.5. The minimum atomic E-state index is -0.490. The van der Waals surface area contributed by atoms with Crippen molar-refractivity contribution in [2.75, 3.05) is 59.4 Å². The first-order chi connectivity index (χ1) is 21.2. The van der Waals surface area contributed by atoms with E-state index in [0.717, 1.165) is 37.6 Å². The fourth-order valence-corrected chi connectivity index (χ4v) is 5.35. The molecule has 3 aromatic carbocycles. The average Bonchev–Trinajstić information content (AvgIpc) is 3.01. The lowest BCUT2D eigenvalue weighted by Gasteiger charge is -2.34. The summed E-state index contributed by atoms with van der Waals surface area (Å²) in [6.45, 7) is 9.30. The van der Waals surface area contributed by atoms with Crippen molar-refractivity contribution in [1.82, 2.24) is 14.9 Å². The Hall–Kier alpha value is -4.64. The van der Waals surface area contributed by atoms with Gasteiger partial charge in [-0.3, -0.25) is 9.59 Å². The number of para-hydroxylation sites is 2. The Morgan fingerprint density at radius 2 is 1.64 bits per heavy atom. The van der Waals surface area contributed by atoms with Crippen LogP contribution in [0.3, 0.4) is 0 Å². The first kappa shape index (κ1) is 30.8. The quantitative estimate of drug-likeness (QED) is 0.151. The molecule has 4 aromatic rings. The number of rotatable bonds is 9. The van der Waals surface area contributed by atoms with Crippen molar-refractivity contribution in [3.63, 3.8) is 0 Å². The van der Waals surface area contributed by atoms with Gasteiger partial charge in [0, 0.05) is 48.8 Å². The van der Waals surface area contributed by atoms with Crippen molar-refractivity contribution in [3.8, 4) is 0 Å².